The molecular formula is C11H15ClN6O. The summed E-state index contributed by atoms with van der Waals surface area (Å²) in [6.45, 7) is 1.59. The molecule has 1 aromatic heterocycles. The van der Waals surface area contributed by atoms with E-state index in [9.17, 15) is 4.79 Å². The Morgan fingerprint density at radius 1 is 1.32 bits per heavy atom. The van der Waals surface area contributed by atoms with Crippen molar-refractivity contribution in [3.05, 3.63) is 5.28 Å². The molecule has 3 heterocycles. The SMILES string of the molecule is Nc1nc(Cl)nc(N2CCC3NC(=O)CCC3C2)n1. The third kappa shape index (κ3) is 2.56. The molecule has 102 valence electrons. The quantitative estimate of drug-likeness (QED) is 0.764. The van der Waals surface area contributed by atoms with Gasteiger partial charge in [0.1, 0.15) is 0 Å². The number of fused-ring (bicyclic) bond motifs is 1. The highest BCUT2D eigenvalue weighted by molar-refractivity contribution is 6.28. The number of hydrogen-bond donors (Lipinski definition) is 2. The van der Waals surface area contributed by atoms with Crippen LogP contribution in [0.4, 0.5) is 11.9 Å². The molecule has 0 spiro atoms. The zero-order valence-corrected chi connectivity index (χ0v) is 11.1. The van der Waals surface area contributed by atoms with E-state index in [0.717, 1.165) is 25.9 Å². The minimum Gasteiger partial charge on any atom is -0.368 e. The van der Waals surface area contributed by atoms with Crippen molar-refractivity contribution in [3.8, 4) is 0 Å². The first-order valence-electron chi connectivity index (χ1n) is 6.33. The minimum absolute atomic E-state index is 0.113. The average Bonchev–Trinajstić information content (AvgIpc) is 2.37. The van der Waals surface area contributed by atoms with E-state index in [4.69, 9.17) is 17.3 Å². The smallest absolute Gasteiger partial charge is 0.231 e. The Labute approximate surface area is 115 Å². The van der Waals surface area contributed by atoms with Crippen LogP contribution in [-0.2, 0) is 4.79 Å². The lowest BCUT2D eigenvalue weighted by Gasteiger charge is -2.41. The summed E-state index contributed by atoms with van der Waals surface area (Å²) in [5.74, 6) is 1.24. The Morgan fingerprint density at radius 3 is 2.95 bits per heavy atom. The lowest BCUT2D eigenvalue weighted by molar-refractivity contribution is -0.124. The molecule has 1 amide bonds. The minimum atomic E-state index is 0.113. The first-order valence-corrected chi connectivity index (χ1v) is 6.71. The van der Waals surface area contributed by atoms with Gasteiger partial charge in [-0.25, -0.2) is 0 Å². The Morgan fingerprint density at radius 2 is 2.16 bits per heavy atom. The zero-order valence-electron chi connectivity index (χ0n) is 10.3. The molecule has 7 nitrogen and oxygen atoms in total. The van der Waals surface area contributed by atoms with Gasteiger partial charge in [0.15, 0.2) is 0 Å². The highest BCUT2D eigenvalue weighted by atomic mass is 35.5. The van der Waals surface area contributed by atoms with Crippen molar-refractivity contribution in [3.63, 3.8) is 0 Å². The van der Waals surface area contributed by atoms with E-state index in [1.165, 1.54) is 0 Å². The Kier molecular flexibility index (Phi) is 3.14. The van der Waals surface area contributed by atoms with Crippen LogP contribution in [0.15, 0.2) is 0 Å². The van der Waals surface area contributed by atoms with E-state index < -0.39 is 0 Å². The van der Waals surface area contributed by atoms with Gasteiger partial charge in [0.2, 0.25) is 23.1 Å². The van der Waals surface area contributed by atoms with Crippen LogP contribution in [-0.4, -0.2) is 40.0 Å². The van der Waals surface area contributed by atoms with Gasteiger partial charge < -0.3 is 16.0 Å². The van der Waals surface area contributed by atoms with Crippen molar-refractivity contribution in [1.29, 1.82) is 0 Å². The third-order valence-corrected chi connectivity index (χ3v) is 3.89. The number of anilines is 2. The fourth-order valence-corrected chi connectivity index (χ4v) is 2.95. The van der Waals surface area contributed by atoms with Gasteiger partial charge >= 0.3 is 0 Å². The molecule has 8 heteroatoms. The van der Waals surface area contributed by atoms with Crippen LogP contribution in [0.2, 0.25) is 5.28 Å². The molecule has 2 aliphatic heterocycles. The molecule has 3 N–H and O–H groups in total. The summed E-state index contributed by atoms with van der Waals surface area (Å²) in [5, 5.41) is 3.16. The number of nitrogens with two attached hydrogens (primary N) is 1. The van der Waals surface area contributed by atoms with Crippen molar-refractivity contribution < 1.29 is 4.79 Å². The third-order valence-electron chi connectivity index (χ3n) is 3.72. The Hall–Kier alpha value is -1.63. The van der Waals surface area contributed by atoms with Gasteiger partial charge in [0.05, 0.1) is 0 Å². The summed E-state index contributed by atoms with van der Waals surface area (Å²) in [6.07, 6.45) is 2.38. The Balaban J connectivity index is 1.75. The van der Waals surface area contributed by atoms with E-state index in [-0.39, 0.29) is 23.2 Å². The second-order valence-corrected chi connectivity index (χ2v) is 5.31. The van der Waals surface area contributed by atoms with E-state index in [1.54, 1.807) is 0 Å². The number of piperidine rings is 2. The number of carbonyl (C=O) groups excluding carboxylic acids is 1. The molecule has 0 saturated carbocycles. The molecule has 2 saturated heterocycles. The van der Waals surface area contributed by atoms with Crippen molar-refractivity contribution in [1.82, 2.24) is 20.3 Å². The lowest BCUT2D eigenvalue weighted by Crippen LogP contribution is -2.54. The zero-order chi connectivity index (χ0) is 13.4. The maximum absolute atomic E-state index is 11.4. The number of hydrogen-bond acceptors (Lipinski definition) is 6. The Bertz CT molecular complexity index is 490. The van der Waals surface area contributed by atoms with Crippen molar-refractivity contribution in [2.24, 2.45) is 5.92 Å². The maximum Gasteiger partial charge on any atom is 0.231 e. The number of nitrogen functional groups attached to an aromatic ring is 1. The predicted molar refractivity (Wildman–Crippen MR) is 70.7 cm³/mol. The summed E-state index contributed by atoms with van der Waals surface area (Å²) in [4.78, 5) is 25.4. The monoisotopic (exact) mass is 282 g/mol. The van der Waals surface area contributed by atoms with Crippen LogP contribution >= 0.6 is 11.6 Å². The largest absolute Gasteiger partial charge is 0.368 e. The summed E-state index contributed by atoms with van der Waals surface area (Å²) in [7, 11) is 0. The fraction of sp³-hybridized carbons (Fsp3) is 0.636. The number of nitrogens with zero attached hydrogens (tertiary/aromatic N) is 4. The topological polar surface area (TPSA) is 97.0 Å². The van der Waals surface area contributed by atoms with Gasteiger partial charge in [-0.3, -0.25) is 4.79 Å². The molecule has 1 aromatic rings. The summed E-state index contributed by atoms with van der Waals surface area (Å²) in [5.41, 5.74) is 5.59. The van der Waals surface area contributed by atoms with Gasteiger partial charge in [-0.2, -0.15) is 15.0 Å². The average molecular weight is 283 g/mol. The van der Waals surface area contributed by atoms with Gasteiger partial charge in [-0.1, -0.05) is 0 Å². The molecule has 2 atom stereocenters. The molecule has 2 aliphatic rings. The molecule has 0 radical (unpaired) electrons. The van der Waals surface area contributed by atoms with Crippen LogP contribution in [0.5, 0.6) is 0 Å². The first-order chi connectivity index (χ1) is 9.11. The van der Waals surface area contributed by atoms with Crippen LogP contribution in [0.25, 0.3) is 0 Å². The highest BCUT2D eigenvalue weighted by Crippen LogP contribution is 2.27. The number of rotatable bonds is 1. The summed E-state index contributed by atoms with van der Waals surface area (Å²) in [6, 6.07) is 0.271. The van der Waals surface area contributed by atoms with Crippen LogP contribution in [0, 0.1) is 5.92 Å². The molecule has 0 bridgehead atoms. The van der Waals surface area contributed by atoms with Gasteiger partial charge in [0.25, 0.3) is 0 Å². The number of amides is 1. The van der Waals surface area contributed by atoms with E-state index >= 15 is 0 Å². The lowest BCUT2D eigenvalue weighted by atomic mass is 9.85. The normalized spacial score (nSPS) is 26.8. The van der Waals surface area contributed by atoms with Crippen LogP contribution in [0.1, 0.15) is 19.3 Å². The van der Waals surface area contributed by atoms with Gasteiger partial charge in [-0.05, 0) is 30.4 Å². The number of nitrogens with one attached hydrogen (secondary N) is 1. The number of halogens is 1. The van der Waals surface area contributed by atoms with Gasteiger partial charge in [-0.15, -0.1) is 0 Å². The maximum atomic E-state index is 11.4. The van der Waals surface area contributed by atoms with Crippen LogP contribution < -0.4 is 16.0 Å². The molecule has 0 aromatic carbocycles. The van der Waals surface area contributed by atoms with E-state index in [2.05, 4.69) is 25.2 Å². The molecule has 2 fully saturated rings. The highest BCUT2D eigenvalue weighted by Gasteiger charge is 2.34. The summed E-state index contributed by atoms with van der Waals surface area (Å²) < 4.78 is 0. The molecule has 19 heavy (non-hydrogen) atoms. The van der Waals surface area contributed by atoms with Crippen molar-refractivity contribution >= 4 is 29.4 Å². The molecule has 2 unspecified atom stereocenters. The second-order valence-electron chi connectivity index (χ2n) is 4.97. The van der Waals surface area contributed by atoms with Crippen molar-refractivity contribution in [2.75, 3.05) is 23.7 Å². The second kappa shape index (κ2) is 4.80. The van der Waals surface area contributed by atoms with Crippen molar-refractivity contribution in [2.45, 2.75) is 25.3 Å². The first kappa shape index (κ1) is 12.4. The number of carbonyl (C=O) groups is 1. The fourth-order valence-electron chi connectivity index (χ4n) is 2.79. The molecule has 0 aliphatic carbocycles. The van der Waals surface area contributed by atoms with E-state index in [0.29, 0.717) is 18.3 Å². The van der Waals surface area contributed by atoms with Crippen LogP contribution in [0.3, 0.4) is 0 Å². The predicted octanol–water partition coefficient (Wildman–Crippen LogP) is 0.212. The summed E-state index contributed by atoms with van der Waals surface area (Å²) >= 11 is 5.80. The van der Waals surface area contributed by atoms with E-state index in [1.807, 2.05) is 0 Å². The standard InChI is InChI=1S/C11H15ClN6O/c12-9-15-10(13)17-11(16-9)18-4-3-7-6(5-18)1-2-8(19)14-7/h6-7H,1-5H2,(H,14,19)(H2,13,15,16,17). The number of aromatic nitrogens is 3. The molecule has 3 rings (SSSR count). The molecular weight excluding hydrogens is 268 g/mol. The van der Waals surface area contributed by atoms with Gasteiger partial charge in [0, 0.05) is 25.6 Å².